The first kappa shape index (κ1) is 19.7. The number of nitrogens with zero attached hydrogens (tertiary/aromatic N) is 2. The van der Waals surface area contributed by atoms with Crippen molar-refractivity contribution in [3.05, 3.63) is 64.5 Å². The lowest BCUT2D eigenvalue weighted by Gasteiger charge is -2.34. The van der Waals surface area contributed by atoms with Crippen LogP contribution < -0.4 is 5.32 Å². The fraction of sp³-hybridized carbons (Fsp3) is 0.417. The van der Waals surface area contributed by atoms with Crippen LogP contribution in [0.25, 0.3) is 10.9 Å². The molecular formula is C24H27N3O2S. The highest BCUT2D eigenvalue weighted by molar-refractivity contribution is 7.12. The van der Waals surface area contributed by atoms with Crippen LogP contribution in [-0.2, 0) is 11.2 Å². The van der Waals surface area contributed by atoms with Gasteiger partial charge in [-0.3, -0.25) is 9.78 Å². The molecule has 2 fully saturated rings. The molecular weight excluding hydrogens is 394 g/mol. The third-order valence-corrected chi connectivity index (χ3v) is 7.24. The van der Waals surface area contributed by atoms with Gasteiger partial charge in [0, 0.05) is 42.7 Å². The first-order valence-electron chi connectivity index (χ1n) is 10.8. The van der Waals surface area contributed by atoms with Crippen LogP contribution in [0.4, 0.5) is 0 Å². The zero-order valence-corrected chi connectivity index (χ0v) is 17.8. The van der Waals surface area contributed by atoms with E-state index in [4.69, 9.17) is 4.74 Å². The molecule has 0 spiro atoms. The van der Waals surface area contributed by atoms with Crippen LogP contribution in [-0.4, -0.2) is 54.2 Å². The van der Waals surface area contributed by atoms with Crippen molar-refractivity contribution in [2.45, 2.75) is 31.3 Å². The number of rotatable bonds is 5. The van der Waals surface area contributed by atoms with Gasteiger partial charge in [0.15, 0.2) is 0 Å². The summed E-state index contributed by atoms with van der Waals surface area (Å²) in [7, 11) is 0. The number of para-hydroxylation sites is 1. The van der Waals surface area contributed by atoms with Gasteiger partial charge >= 0.3 is 0 Å². The first-order chi connectivity index (χ1) is 14.8. The number of pyridine rings is 1. The Morgan fingerprint density at radius 2 is 2.00 bits per heavy atom. The number of nitrogens with one attached hydrogen (secondary N) is 1. The summed E-state index contributed by atoms with van der Waals surface area (Å²) in [6.45, 7) is 3.20. The molecule has 2 atom stereocenters. The highest BCUT2D eigenvalue weighted by atomic mass is 32.1. The number of ether oxygens (including phenoxy) is 1. The summed E-state index contributed by atoms with van der Waals surface area (Å²) >= 11 is 1.53. The van der Waals surface area contributed by atoms with Crippen molar-refractivity contribution in [1.29, 1.82) is 0 Å². The Hall–Kier alpha value is -2.28. The second-order valence-electron chi connectivity index (χ2n) is 8.31. The molecule has 2 saturated heterocycles. The second kappa shape index (κ2) is 8.84. The fourth-order valence-electron chi connectivity index (χ4n) is 4.71. The summed E-state index contributed by atoms with van der Waals surface area (Å²) in [5.41, 5.74) is 2.40. The molecule has 1 N–H and O–H groups in total. The smallest absolute Gasteiger partial charge is 0.263 e. The number of carbonyl (C=O) groups excluding carboxylic acids is 1. The molecule has 0 aliphatic carbocycles. The van der Waals surface area contributed by atoms with Gasteiger partial charge in [0.25, 0.3) is 5.91 Å². The number of amides is 1. The number of fused-ring (bicyclic) bond motifs is 1. The molecule has 0 radical (unpaired) electrons. The predicted molar refractivity (Wildman–Crippen MR) is 120 cm³/mol. The monoisotopic (exact) mass is 421 g/mol. The number of benzene rings is 1. The van der Waals surface area contributed by atoms with Crippen LogP contribution in [0.2, 0.25) is 0 Å². The Balaban J connectivity index is 1.19. The van der Waals surface area contributed by atoms with Crippen LogP contribution >= 0.6 is 11.3 Å². The van der Waals surface area contributed by atoms with Crippen molar-refractivity contribution in [2.24, 2.45) is 5.92 Å². The Kier molecular flexibility index (Phi) is 5.79. The average Bonchev–Trinajstić information content (AvgIpc) is 3.47. The zero-order valence-electron chi connectivity index (χ0n) is 17.0. The Morgan fingerprint density at radius 1 is 1.13 bits per heavy atom. The molecule has 5 rings (SSSR count). The van der Waals surface area contributed by atoms with E-state index < -0.39 is 0 Å². The van der Waals surface area contributed by atoms with Crippen molar-refractivity contribution in [1.82, 2.24) is 15.2 Å². The minimum atomic E-state index is 0.176. The summed E-state index contributed by atoms with van der Waals surface area (Å²) in [6, 6.07) is 15.2. The Morgan fingerprint density at radius 3 is 2.83 bits per heavy atom. The highest BCUT2D eigenvalue weighted by Gasteiger charge is 2.32. The van der Waals surface area contributed by atoms with E-state index in [0.717, 1.165) is 56.0 Å². The molecule has 3 aromatic rings. The van der Waals surface area contributed by atoms with E-state index in [-0.39, 0.29) is 5.91 Å². The normalized spacial score (nSPS) is 22.6. The standard InChI is InChI=1S/C24H27N3O2S/c28-24(23-6-3-13-30-23)27-11-8-19(9-12-27)26-22-16-29-15-18(22)14-17-7-10-25-21-5-2-1-4-20(17)21/h1-7,10,13,18-19,22,26H,8-9,11-12,14-16H2/t18-,22-/m1/s1. The van der Waals surface area contributed by atoms with Crippen molar-refractivity contribution in [3.8, 4) is 0 Å². The molecule has 0 unspecified atom stereocenters. The molecule has 6 heteroatoms. The average molecular weight is 422 g/mol. The number of carbonyl (C=O) groups is 1. The maximum absolute atomic E-state index is 12.6. The van der Waals surface area contributed by atoms with Crippen LogP contribution in [0.1, 0.15) is 28.1 Å². The molecule has 1 amide bonds. The minimum Gasteiger partial charge on any atom is -0.379 e. The molecule has 2 aliphatic rings. The number of hydrogen-bond acceptors (Lipinski definition) is 5. The highest BCUT2D eigenvalue weighted by Crippen LogP contribution is 2.25. The lowest BCUT2D eigenvalue weighted by atomic mass is 9.92. The Labute approximate surface area is 181 Å². The second-order valence-corrected chi connectivity index (χ2v) is 9.25. The molecule has 2 aromatic heterocycles. The minimum absolute atomic E-state index is 0.176. The van der Waals surface area contributed by atoms with Gasteiger partial charge in [0.1, 0.15) is 0 Å². The Bertz CT molecular complexity index is 993. The molecule has 156 valence electrons. The SMILES string of the molecule is O=C(c1cccs1)N1CCC(N[C@@H]2COC[C@H]2Cc2ccnc3ccccc23)CC1. The lowest BCUT2D eigenvalue weighted by Crippen LogP contribution is -2.49. The third kappa shape index (κ3) is 4.13. The van der Waals surface area contributed by atoms with Crippen molar-refractivity contribution >= 4 is 28.1 Å². The molecule has 1 aromatic carbocycles. The summed E-state index contributed by atoms with van der Waals surface area (Å²) in [6.07, 6.45) is 4.91. The summed E-state index contributed by atoms with van der Waals surface area (Å²) < 4.78 is 5.86. The van der Waals surface area contributed by atoms with E-state index in [1.54, 1.807) is 0 Å². The van der Waals surface area contributed by atoms with Crippen molar-refractivity contribution in [3.63, 3.8) is 0 Å². The van der Waals surface area contributed by atoms with Gasteiger partial charge in [-0.1, -0.05) is 24.3 Å². The number of aromatic nitrogens is 1. The number of hydrogen-bond donors (Lipinski definition) is 1. The van der Waals surface area contributed by atoms with E-state index in [9.17, 15) is 4.79 Å². The van der Waals surface area contributed by atoms with Crippen LogP contribution in [0, 0.1) is 5.92 Å². The van der Waals surface area contributed by atoms with Gasteiger partial charge in [0.05, 0.1) is 23.6 Å². The number of thiophene rings is 1. The zero-order chi connectivity index (χ0) is 20.3. The maximum atomic E-state index is 12.6. The maximum Gasteiger partial charge on any atom is 0.263 e. The molecule has 30 heavy (non-hydrogen) atoms. The fourth-order valence-corrected chi connectivity index (χ4v) is 5.40. The first-order valence-corrected chi connectivity index (χ1v) is 11.6. The lowest BCUT2D eigenvalue weighted by molar-refractivity contribution is 0.0704. The van der Waals surface area contributed by atoms with E-state index in [2.05, 4.69) is 34.6 Å². The van der Waals surface area contributed by atoms with Gasteiger partial charge in [-0.05, 0) is 48.4 Å². The number of likely N-dealkylation sites (tertiary alicyclic amines) is 1. The molecule has 5 nitrogen and oxygen atoms in total. The topological polar surface area (TPSA) is 54.5 Å². The molecule has 4 heterocycles. The van der Waals surface area contributed by atoms with Crippen molar-refractivity contribution in [2.75, 3.05) is 26.3 Å². The predicted octanol–water partition coefficient (Wildman–Crippen LogP) is 3.75. The quantitative estimate of drug-likeness (QED) is 0.682. The van der Waals surface area contributed by atoms with E-state index >= 15 is 0 Å². The van der Waals surface area contributed by atoms with Crippen LogP contribution in [0.3, 0.4) is 0 Å². The largest absolute Gasteiger partial charge is 0.379 e. The van der Waals surface area contributed by atoms with Crippen LogP contribution in [0.15, 0.2) is 54.0 Å². The summed E-state index contributed by atoms with van der Waals surface area (Å²) in [5, 5.41) is 7.06. The van der Waals surface area contributed by atoms with E-state index in [1.807, 2.05) is 34.7 Å². The summed E-state index contributed by atoms with van der Waals surface area (Å²) in [5.74, 6) is 0.636. The molecule has 0 saturated carbocycles. The van der Waals surface area contributed by atoms with Gasteiger partial charge in [0.2, 0.25) is 0 Å². The van der Waals surface area contributed by atoms with Crippen LogP contribution in [0.5, 0.6) is 0 Å². The third-order valence-electron chi connectivity index (χ3n) is 6.38. The van der Waals surface area contributed by atoms with Gasteiger partial charge < -0.3 is 15.0 Å². The van der Waals surface area contributed by atoms with Gasteiger partial charge in [-0.2, -0.15) is 0 Å². The molecule has 2 aliphatic heterocycles. The summed E-state index contributed by atoms with van der Waals surface area (Å²) in [4.78, 5) is 19.9. The number of piperidine rings is 1. The van der Waals surface area contributed by atoms with Gasteiger partial charge in [-0.15, -0.1) is 11.3 Å². The van der Waals surface area contributed by atoms with Gasteiger partial charge in [-0.25, -0.2) is 0 Å². The van der Waals surface area contributed by atoms with Crippen molar-refractivity contribution < 1.29 is 9.53 Å². The van der Waals surface area contributed by atoms with E-state index in [1.165, 1.54) is 22.3 Å². The molecule has 0 bridgehead atoms. The van der Waals surface area contributed by atoms with E-state index in [0.29, 0.717) is 18.0 Å².